The van der Waals surface area contributed by atoms with E-state index in [0.29, 0.717) is 5.02 Å². The highest BCUT2D eigenvalue weighted by Crippen LogP contribution is 2.26. The van der Waals surface area contributed by atoms with E-state index in [9.17, 15) is 9.18 Å². The molecule has 0 saturated carbocycles. The number of aromatic nitrogens is 2. The largest absolute Gasteiger partial charge is 0.376 e. The Morgan fingerprint density at radius 2 is 2.35 bits per heavy atom. The molecule has 2 aromatic rings. The van der Waals surface area contributed by atoms with Gasteiger partial charge >= 0.3 is 0 Å². The number of amides is 1. The fourth-order valence-corrected chi connectivity index (χ4v) is 2.20. The van der Waals surface area contributed by atoms with Crippen LogP contribution in [0, 0.1) is 5.82 Å². The zero-order valence-electron chi connectivity index (χ0n) is 10.8. The van der Waals surface area contributed by atoms with Crippen molar-refractivity contribution in [3.8, 4) is 0 Å². The summed E-state index contributed by atoms with van der Waals surface area (Å²) < 4.78 is 14.4. The van der Waals surface area contributed by atoms with Crippen molar-refractivity contribution in [3.63, 3.8) is 0 Å². The van der Waals surface area contributed by atoms with E-state index in [1.54, 1.807) is 18.5 Å². The second-order valence-corrected chi connectivity index (χ2v) is 4.83. The highest BCUT2D eigenvalue weighted by Gasteiger charge is 2.11. The first-order chi connectivity index (χ1) is 9.45. The summed E-state index contributed by atoms with van der Waals surface area (Å²) in [6.45, 7) is 1.91. The summed E-state index contributed by atoms with van der Waals surface area (Å²) in [5.41, 5.74) is 6.58. The van der Waals surface area contributed by atoms with E-state index >= 15 is 0 Å². The molecule has 106 valence electrons. The van der Waals surface area contributed by atoms with Crippen molar-refractivity contribution >= 4 is 23.2 Å². The van der Waals surface area contributed by atoms with Gasteiger partial charge in [-0.15, -0.1) is 0 Å². The van der Waals surface area contributed by atoms with Crippen LogP contribution >= 0.6 is 11.6 Å². The maximum Gasteiger partial charge on any atom is 0.239 e. The maximum absolute atomic E-state index is 13.0. The molecule has 0 spiro atoms. The van der Waals surface area contributed by atoms with Gasteiger partial charge in [0.25, 0.3) is 0 Å². The number of hydrogen-bond donors (Lipinski definition) is 2. The summed E-state index contributed by atoms with van der Waals surface area (Å²) in [4.78, 5) is 10.8. The molecular formula is C13H14ClFN4O. The molecule has 5 nitrogen and oxygen atoms in total. The molecule has 20 heavy (non-hydrogen) atoms. The molecule has 0 saturated heterocycles. The van der Waals surface area contributed by atoms with E-state index in [1.165, 1.54) is 16.8 Å². The van der Waals surface area contributed by atoms with Crippen molar-refractivity contribution < 1.29 is 9.18 Å². The minimum absolute atomic E-state index is 0.0212. The molecule has 0 aliphatic rings. The van der Waals surface area contributed by atoms with Crippen molar-refractivity contribution in [1.29, 1.82) is 0 Å². The maximum atomic E-state index is 13.0. The molecule has 0 radical (unpaired) electrons. The van der Waals surface area contributed by atoms with Gasteiger partial charge in [0.05, 0.1) is 17.9 Å². The van der Waals surface area contributed by atoms with Crippen LogP contribution in [0.3, 0.4) is 0 Å². The van der Waals surface area contributed by atoms with Crippen LogP contribution in [0.1, 0.15) is 18.5 Å². The standard InChI is InChI=1S/C13H14ClFN4O/c1-8(11-3-2-9(15)4-12(11)14)18-10-5-17-19(6-10)7-13(16)20/h2-6,8,18H,7H2,1H3,(H2,16,20). The van der Waals surface area contributed by atoms with Gasteiger partial charge < -0.3 is 11.1 Å². The number of nitrogens with zero attached hydrogens (tertiary/aromatic N) is 2. The zero-order chi connectivity index (χ0) is 14.7. The van der Waals surface area contributed by atoms with Crippen molar-refractivity contribution in [3.05, 3.63) is 47.0 Å². The Morgan fingerprint density at radius 3 is 3.00 bits per heavy atom. The van der Waals surface area contributed by atoms with Crippen molar-refractivity contribution in [2.45, 2.75) is 19.5 Å². The third-order valence-corrected chi connectivity index (χ3v) is 3.09. The van der Waals surface area contributed by atoms with Crippen LogP contribution in [-0.2, 0) is 11.3 Å². The predicted molar refractivity (Wildman–Crippen MR) is 74.9 cm³/mol. The molecule has 1 aromatic heterocycles. The molecule has 1 unspecified atom stereocenters. The summed E-state index contributed by atoms with van der Waals surface area (Å²) in [5, 5.41) is 7.53. The highest BCUT2D eigenvalue weighted by molar-refractivity contribution is 6.31. The average molecular weight is 297 g/mol. The Labute approximate surface area is 120 Å². The molecule has 0 bridgehead atoms. The van der Waals surface area contributed by atoms with Crippen LogP contribution in [0.4, 0.5) is 10.1 Å². The number of benzene rings is 1. The molecule has 3 N–H and O–H groups in total. The van der Waals surface area contributed by atoms with Gasteiger partial charge in [0.1, 0.15) is 12.4 Å². The van der Waals surface area contributed by atoms with E-state index in [2.05, 4.69) is 10.4 Å². The summed E-state index contributed by atoms with van der Waals surface area (Å²) >= 11 is 6.00. The molecule has 2 rings (SSSR count). The van der Waals surface area contributed by atoms with Gasteiger partial charge in [0.2, 0.25) is 5.91 Å². The number of rotatable bonds is 5. The number of carbonyl (C=O) groups excluding carboxylic acids is 1. The Balaban J connectivity index is 2.09. The van der Waals surface area contributed by atoms with Crippen molar-refractivity contribution in [2.24, 2.45) is 5.73 Å². The lowest BCUT2D eigenvalue weighted by Crippen LogP contribution is -2.18. The molecule has 0 aliphatic heterocycles. The van der Waals surface area contributed by atoms with Gasteiger partial charge in [-0.05, 0) is 24.6 Å². The molecule has 1 heterocycles. The lowest BCUT2D eigenvalue weighted by Gasteiger charge is -2.15. The Morgan fingerprint density at radius 1 is 1.60 bits per heavy atom. The van der Waals surface area contributed by atoms with E-state index in [0.717, 1.165) is 11.3 Å². The normalized spacial score (nSPS) is 12.2. The fraction of sp³-hybridized carbons (Fsp3) is 0.231. The second-order valence-electron chi connectivity index (χ2n) is 4.42. The Hall–Kier alpha value is -2.08. The second kappa shape index (κ2) is 5.92. The summed E-state index contributed by atoms with van der Waals surface area (Å²) in [7, 11) is 0. The fourth-order valence-electron chi connectivity index (χ4n) is 1.86. The molecule has 1 amide bonds. The SMILES string of the molecule is CC(Nc1cnn(CC(N)=O)c1)c1ccc(F)cc1Cl. The van der Waals surface area contributed by atoms with Crippen LogP contribution in [0.2, 0.25) is 5.02 Å². The first-order valence-electron chi connectivity index (χ1n) is 5.98. The number of carbonyl (C=O) groups is 1. The van der Waals surface area contributed by atoms with Crippen molar-refractivity contribution in [2.75, 3.05) is 5.32 Å². The van der Waals surface area contributed by atoms with Gasteiger partial charge in [0, 0.05) is 11.2 Å². The quantitative estimate of drug-likeness (QED) is 0.889. The van der Waals surface area contributed by atoms with Gasteiger partial charge in [0.15, 0.2) is 0 Å². The summed E-state index contributed by atoms with van der Waals surface area (Å²) in [6, 6.07) is 4.12. The zero-order valence-corrected chi connectivity index (χ0v) is 11.6. The number of hydrogen-bond acceptors (Lipinski definition) is 3. The van der Waals surface area contributed by atoms with Gasteiger partial charge in [-0.1, -0.05) is 17.7 Å². The average Bonchev–Trinajstić information content (AvgIpc) is 2.75. The molecule has 0 aliphatic carbocycles. The predicted octanol–water partition coefficient (Wildman–Crippen LogP) is 2.33. The third kappa shape index (κ3) is 3.48. The lowest BCUT2D eigenvalue weighted by molar-refractivity contribution is -0.118. The molecule has 7 heteroatoms. The van der Waals surface area contributed by atoms with Gasteiger partial charge in [-0.25, -0.2) is 4.39 Å². The monoisotopic (exact) mass is 296 g/mol. The number of nitrogens with one attached hydrogen (secondary N) is 1. The lowest BCUT2D eigenvalue weighted by atomic mass is 10.1. The third-order valence-electron chi connectivity index (χ3n) is 2.76. The van der Waals surface area contributed by atoms with Crippen LogP contribution < -0.4 is 11.1 Å². The van der Waals surface area contributed by atoms with E-state index < -0.39 is 5.91 Å². The topological polar surface area (TPSA) is 72.9 Å². The Bertz CT molecular complexity index is 629. The smallest absolute Gasteiger partial charge is 0.239 e. The highest BCUT2D eigenvalue weighted by atomic mass is 35.5. The van der Waals surface area contributed by atoms with E-state index in [1.807, 2.05) is 6.92 Å². The summed E-state index contributed by atoms with van der Waals surface area (Å²) in [5.74, 6) is -0.838. The summed E-state index contributed by atoms with van der Waals surface area (Å²) in [6.07, 6.45) is 3.25. The van der Waals surface area contributed by atoms with Crippen LogP contribution in [0.5, 0.6) is 0 Å². The first-order valence-corrected chi connectivity index (χ1v) is 6.35. The number of halogens is 2. The molecular weight excluding hydrogens is 283 g/mol. The Kier molecular flexibility index (Phi) is 4.24. The van der Waals surface area contributed by atoms with Crippen molar-refractivity contribution in [1.82, 2.24) is 9.78 Å². The minimum atomic E-state index is -0.464. The van der Waals surface area contributed by atoms with Gasteiger partial charge in [-0.3, -0.25) is 9.48 Å². The number of primary amides is 1. The van der Waals surface area contributed by atoms with Crippen LogP contribution in [0.25, 0.3) is 0 Å². The number of nitrogens with two attached hydrogens (primary N) is 1. The van der Waals surface area contributed by atoms with Crippen LogP contribution in [0.15, 0.2) is 30.6 Å². The first kappa shape index (κ1) is 14.3. The van der Waals surface area contributed by atoms with E-state index in [4.69, 9.17) is 17.3 Å². The van der Waals surface area contributed by atoms with Crippen LogP contribution in [-0.4, -0.2) is 15.7 Å². The molecule has 1 aromatic carbocycles. The molecule has 1 atom stereocenters. The minimum Gasteiger partial charge on any atom is -0.376 e. The number of anilines is 1. The molecule has 0 fully saturated rings. The van der Waals surface area contributed by atoms with E-state index in [-0.39, 0.29) is 18.4 Å². The van der Waals surface area contributed by atoms with Gasteiger partial charge in [-0.2, -0.15) is 5.10 Å².